The average Bonchev–Trinajstić information content (AvgIpc) is 2.99. The molecule has 10 nitrogen and oxygen atoms in total. The van der Waals surface area contributed by atoms with Crippen LogP contribution in [0.5, 0.6) is 11.5 Å². The first-order valence-corrected chi connectivity index (χ1v) is 9.61. The number of nitrogens with one attached hydrogen (secondary N) is 1. The highest BCUT2D eigenvalue weighted by Gasteiger charge is 2.47. The van der Waals surface area contributed by atoms with E-state index in [1.807, 2.05) is 12.1 Å². The van der Waals surface area contributed by atoms with Gasteiger partial charge in [0, 0.05) is 40.2 Å². The van der Waals surface area contributed by atoms with Crippen LogP contribution in [0.2, 0.25) is 0 Å². The van der Waals surface area contributed by atoms with Gasteiger partial charge in [-0.25, -0.2) is 4.79 Å². The molecule has 1 atom stereocenters. The SMILES string of the molecule is COc1cc2c(cc1OC)CN1C(=O)N(CCC(=O)NCC(OC)OC)C(=O)[C@H]1C2. The van der Waals surface area contributed by atoms with Crippen LogP contribution in [0.4, 0.5) is 4.79 Å². The van der Waals surface area contributed by atoms with Crippen molar-refractivity contribution >= 4 is 17.8 Å². The van der Waals surface area contributed by atoms with Crippen molar-refractivity contribution < 1.29 is 33.3 Å². The van der Waals surface area contributed by atoms with Gasteiger partial charge in [-0.3, -0.25) is 14.5 Å². The predicted molar refractivity (Wildman–Crippen MR) is 105 cm³/mol. The molecule has 0 aliphatic carbocycles. The summed E-state index contributed by atoms with van der Waals surface area (Å²) in [5.74, 6) is 0.573. The summed E-state index contributed by atoms with van der Waals surface area (Å²) in [7, 11) is 6.05. The molecule has 1 aromatic rings. The second-order valence-corrected chi connectivity index (χ2v) is 7.05. The van der Waals surface area contributed by atoms with Crippen molar-refractivity contribution in [3.8, 4) is 11.5 Å². The van der Waals surface area contributed by atoms with Gasteiger partial charge in [0.15, 0.2) is 17.8 Å². The van der Waals surface area contributed by atoms with Crippen molar-refractivity contribution in [2.45, 2.75) is 31.7 Å². The Kier molecular flexibility index (Phi) is 6.78. The molecule has 0 spiro atoms. The van der Waals surface area contributed by atoms with Crippen LogP contribution in [0, 0.1) is 0 Å². The molecule has 0 unspecified atom stereocenters. The molecule has 30 heavy (non-hydrogen) atoms. The third kappa shape index (κ3) is 4.19. The molecule has 1 aromatic carbocycles. The van der Waals surface area contributed by atoms with Crippen LogP contribution in [0.1, 0.15) is 17.5 Å². The van der Waals surface area contributed by atoms with E-state index in [9.17, 15) is 14.4 Å². The smallest absolute Gasteiger partial charge is 0.327 e. The van der Waals surface area contributed by atoms with Gasteiger partial charge < -0.3 is 29.2 Å². The summed E-state index contributed by atoms with van der Waals surface area (Å²) < 4.78 is 20.7. The highest BCUT2D eigenvalue weighted by atomic mass is 16.7. The number of hydrogen-bond donors (Lipinski definition) is 1. The fourth-order valence-corrected chi connectivity index (χ4v) is 3.73. The molecule has 164 valence electrons. The van der Waals surface area contributed by atoms with Gasteiger partial charge in [0.2, 0.25) is 5.91 Å². The van der Waals surface area contributed by atoms with Crippen molar-refractivity contribution in [1.82, 2.24) is 15.1 Å². The second kappa shape index (κ2) is 9.31. The Bertz CT molecular complexity index is 774. The number of methoxy groups -OCH3 is 4. The third-order valence-corrected chi connectivity index (χ3v) is 5.42. The maximum absolute atomic E-state index is 12.8. The van der Waals surface area contributed by atoms with Crippen LogP contribution in [0.3, 0.4) is 0 Å². The van der Waals surface area contributed by atoms with E-state index in [2.05, 4.69) is 5.32 Å². The van der Waals surface area contributed by atoms with Gasteiger partial charge in [0.25, 0.3) is 5.91 Å². The summed E-state index contributed by atoms with van der Waals surface area (Å²) in [6.45, 7) is 0.503. The van der Waals surface area contributed by atoms with Gasteiger partial charge >= 0.3 is 6.03 Å². The monoisotopic (exact) mass is 421 g/mol. The number of nitrogens with zero attached hydrogens (tertiary/aromatic N) is 2. The Balaban J connectivity index is 1.65. The Hall–Kier alpha value is -2.85. The Morgan fingerprint density at radius 1 is 1.10 bits per heavy atom. The van der Waals surface area contributed by atoms with Crippen molar-refractivity contribution in [2.24, 2.45) is 0 Å². The molecule has 2 aliphatic rings. The van der Waals surface area contributed by atoms with Gasteiger partial charge in [0.1, 0.15) is 6.04 Å². The minimum atomic E-state index is -0.572. The van der Waals surface area contributed by atoms with E-state index >= 15 is 0 Å². The van der Waals surface area contributed by atoms with E-state index in [0.29, 0.717) is 24.5 Å². The van der Waals surface area contributed by atoms with Gasteiger partial charge in [-0.1, -0.05) is 0 Å². The van der Waals surface area contributed by atoms with E-state index in [4.69, 9.17) is 18.9 Å². The molecular weight excluding hydrogens is 394 g/mol. The van der Waals surface area contributed by atoms with Crippen LogP contribution in [0.15, 0.2) is 12.1 Å². The molecule has 0 aromatic heterocycles. The van der Waals surface area contributed by atoms with Crippen LogP contribution < -0.4 is 14.8 Å². The quantitative estimate of drug-likeness (QED) is 0.458. The van der Waals surface area contributed by atoms with Crippen LogP contribution in [0.25, 0.3) is 0 Å². The summed E-state index contributed by atoms with van der Waals surface area (Å²) in [5, 5.41) is 2.66. The van der Waals surface area contributed by atoms with Gasteiger partial charge in [-0.2, -0.15) is 0 Å². The molecule has 0 radical (unpaired) electrons. The zero-order valence-corrected chi connectivity index (χ0v) is 17.6. The lowest BCUT2D eigenvalue weighted by atomic mass is 9.94. The Labute approximate surface area is 175 Å². The van der Waals surface area contributed by atoms with Crippen LogP contribution in [-0.4, -0.2) is 81.5 Å². The Morgan fingerprint density at radius 2 is 1.73 bits per heavy atom. The summed E-state index contributed by atoms with van der Waals surface area (Å²) in [4.78, 5) is 40.4. The summed E-state index contributed by atoms with van der Waals surface area (Å²) in [6.07, 6.45) is -0.149. The lowest BCUT2D eigenvalue weighted by Gasteiger charge is -2.29. The van der Waals surface area contributed by atoms with Crippen LogP contribution >= 0.6 is 0 Å². The van der Waals surface area contributed by atoms with Crippen molar-refractivity contribution in [2.75, 3.05) is 41.5 Å². The van der Waals surface area contributed by atoms with E-state index in [-0.39, 0.29) is 37.4 Å². The first-order valence-electron chi connectivity index (χ1n) is 9.61. The molecule has 0 bridgehead atoms. The van der Waals surface area contributed by atoms with E-state index < -0.39 is 12.3 Å². The standard InChI is InChI=1S/C20H27N3O7/c1-27-15-8-12-7-14-19(25)22(6-5-17(24)21-10-18(29-3)30-4)20(26)23(14)11-13(12)9-16(15)28-2/h8-9,14,18H,5-7,10-11H2,1-4H3,(H,21,24)/t14-/m1/s1. The number of amides is 4. The van der Waals surface area contributed by atoms with Crippen molar-refractivity contribution in [3.63, 3.8) is 0 Å². The molecular formula is C20H27N3O7. The third-order valence-electron chi connectivity index (χ3n) is 5.42. The first kappa shape index (κ1) is 21.8. The maximum atomic E-state index is 12.8. The van der Waals surface area contributed by atoms with E-state index in [0.717, 1.165) is 16.0 Å². The number of benzene rings is 1. The number of hydrogen-bond acceptors (Lipinski definition) is 7. The molecule has 2 heterocycles. The topological polar surface area (TPSA) is 107 Å². The van der Waals surface area contributed by atoms with Gasteiger partial charge in [0.05, 0.1) is 20.8 Å². The van der Waals surface area contributed by atoms with E-state index in [1.165, 1.54) is 14.2 Å². The lowest BCUT2D eigenvalue weighted by molar-refractivity contribution is -0.130. The first-order chi connectivity index (χ1) is 14.4. The second-order valence-electron chi connectivity index (χ2n) is 7.05. The molecule has 0 saturated carbocycles. The highest BCUT2D eigenvalue weighted by molar-refractivity contribution is 6.04. The molecule has 10 heteroatoms. The van der Waals surface area contributed by atoms with Gasteiger partial charge in [-0.15, -0.1) is 0 Å². The molecule has 4 amide bonds. The normalized spacial score (nSPS) is 17.8. The zero-order chi connectivity index (χ0) is 21.8. The maximum Gasteiger partial charge on any atom is 0.327 e. The highest BCUT2D eigenvalue weighted by Crippen LogP contribution is 2.37. The van der Waals surface area contributed by atoms with Crippen molar-refractivity contribution in [1.29, 1.82) is 0 Å². The summed E-state index contributed by atoms with van der Waals surface area (Å²) in [6, 6.07) is 2.73. The number of fused-ring (bicyclic) bond motifs is 2. The molecule has 1 fully saturated rings. The Morgan fingerprint density at radius 3 is 2.33 bits per heavy atom. The fraction of sp³-hybridized carbons (Fsp3) is 0.550. The van der Waals surface area contributed by atoms with Crippen LogP contribution in [-0.2, 0) is 32.0 Å². The van der Waals surface area contributed by atoms with E-state index in [1.54, 1.807) is 19.1 Å². The molecule has 3 rings (SSSR count). The van der Waals surface area contributed by atoms with Crippen molar-refractivity contribution in [3.05, 3.63) is 23.3 Å². The number of carbonyl (C=O) groups is 3. The summed E-state index contributed by atoms with van der Waals surface area (Å²) in [5.41, 5.74) is 1.86. The largest absolute Gasteiger partial charge is 0.493 e. The minimum absolute atomic E-state index is 0.00673. The number of imide groups is 1. The number of urea groups is 1. The molecule has 1 N–H and O–H groups in total. The summed E-state index contributed by atoms with van der Waals surface area (Å²) >= 11 is 0. The average molecular weight is 421 g/mol. The zero-order valence-electron chi connectivity index (χ0n) is 17.6. The minimum Gasteiger partial charge on any atom is -0.493 e. The number of ether oxygens (including phenoxy) is 4. The fourth-order valence-electron chi connectivity index (χ4n) is 3.73. The predicted octanol–water partition coefficient (Wildman–Crippen LogP) is 0.518. The molecule has 2 aliphatic heterocycles. The number of carbonyl (C=O) groups excluding carboxylic acids is 3. The van der Waals surface area contributed by atoms with Gasteiger partial charge in [-0.05, 0) is 23.3 Å². The lowest BCUT2D eigenvalue weighted by Crippen LogP contribution is -2.40. The number of rotatable bonds is 9. The molecule has 1 saturated heterocycles.